The standard InChI is InChI=1S/C13H21N5/c1-4-7-15-13(8-14,12-5-6-12)9-18-11(3)16-10(2)17-18/h12,15H,4-7,9H2,1-3H3. The second-order valence-electron chi connectivity index (χ2n) is 5.15. The van der Waals surface area contributed by atoms with Crippen LogP contribution in [-0.4, -0.2) is 26.8 Å². The molecule has 5 nitrogen and oxygen atoms in total. The molecule has 0 aliphatic heterocycles. The van der Waals surface area contributed by atoms with Crippen molar-refractivity contribution in [1.82, 2.24) is 20.1 Å². The highest BCUT2D eigenvalue weighted by atomic mass is 15.4. The maximum Gasteiger partial charge on any atom is 0.147 e. The van der Waals surface area contributed by atoms with Crippen LogP contribution in [0.1, 0.15) is 37.8 Å². The van der Waals surface area contributed by atoms with Crippen molar-refractivity contribution in [2.45, 2.75) is 52.1 Å². The fraction of sp³-hybridized carbons (Fsp3) is 0.769. The molecular formula is C13H21N5. The van der Waals surface area contributed by atoms with E-state index in [1.807, 2.05) is 18.5 Å². The van der Waals surface area contributed by atoms with Crippen LogP contribution < -0.4 is 5.32 Å². The molecule has 1 aliphatic carbocycles. The van der Waals surface area contributed by atoms with E-state index in [-0.39, 0.29) is 0 Å². The summed E-state index contributed by atoms with van der Waals surface area (Å²) in [6.07, 6.45) is 3.31. The molecule has 98 valence electrons. The van der Waals surface area contributed by atoms with Gasteiger partial charge in [-0.1, -0.05) is 6.92 Å². The maximum atomic E-state index is 9.60. The predicted octanol–water partition coefficient (Wildman–Crippen LogP) is 1.57. The Bertz CT molecular complexity index is 454. The molecule has 1 aromatic heterocycles. The number of nitriles is 1. The third kappa shape index (κ3) is 2.54. The topological polar surface area (TPSA) is 66.5 Å². The Morgan fingerprint density at radius 1 is 1.50 bits per heavy atom. The van der Waals surface area contributed by atoms with E-state index in [9.17, 15) is 5.26 Å². The summed E-state index contributed by atoms with van der Waals surface area (Å²) in [4.78, 5) is 4.30. The van der Waals surface area contributed by atoms with E-state index < -0.39 is 5.54 Å². The molecule has 1 aromatic rings. The third-order valence-electron chi connectivity index (χ3n) is 3.53. The van der Waals surface area contributed by atoms with Gasteiger partial charge in [-0.05, 0) is 45.6 Å². The first kappa shape index (κ1) is 13.0. The van der Waals surface area contributed by atoms with Crippen LogP contribution in [0.4, 0.5) is 0 Å². The van der Waals surface area contributed by atoms with Gasteiger partial charge in [0, 0.05) is 0 Å². The highest BCUT2D eigenvalue weighted by molar-refractivity contribution is 5.15. The molecule has 1 saturated carbocycles. The van der Waals surface area contributed by atoms with E-state index in [1.54, 1.807) is 0 Å². The Kier molecular flexibility index (Phi) is 3.67. The highest BCUT2D eigenvalue weighted by Crippen LogP contribution is 2.40. The molecule has 1 aliphatic rings. The highest BCUT2D eigenvalue weighted by Gasteiger charge is 2.46. The van der Waals surface area contributed by atoms with Crippen molar-refractivity contribution < 1.29 is 0 Å². The lowest BCUT2D eigenvalue weighted by atomic mass is 9.94. The van der Waals surface area contributed by atoms with Gasteiger partial charge in [0.25, 0.3) is 0 Å². The first-order chi connectivity index (χ1) is 8.61. The van der Waals surface area contributed by atoms with Gasteiger partial charge in [-0.3, -0.25) is 5.32 Å². The number of aryl methyl sites for hydroxylation is 2. The van der Waals surface area contributed by atoms with Gasteiger partial charge in [-0.15, -0.1) is 0 Å². The molecule has 0 amide bonds. The smallest absolute Gasteiger partial charge is 0.147 e. The van der Waals surface area contributed by atoms with E-state index in [1.165, 1.54) is 0 Å². The van der Waals surface area contributed by atoms with E-state index in [0.29, 0.717) is 12.5 Å². The Morgan fingerprint density at radius 3 is 2.67 bits per heavy atom. The molecule has 1 atom stereocenters. The zero-order valence-corrected chi connectivity index (χ0v) is 11.4. The number of rotatable bonds is 6. The summed E-state index contributed by atoms with van der Waals surface area (Å²) in [7, 11) is 0. The van der Waals surface area contributed by atoms with E-state index >= 15 is 0 Å². The van der Waals surface area contributed by atoms with Gasteiger partial charge in [0.15, 0.2) is 0 Å². The van der Waals surface area contributed by atoms with Gasteiger partial charge in [0.1, 0.15) is 17.2 Å². The van der Waals surface area contributed by atoms with Crippen LogP contribution in [0.2, 0.25) is 0 Å². The third-order valence-corrected chi connectivity index (χ3v) is 3.53. The van der Waals surface area contributed by atoms with Crippen LogP contribution >= 0.6 is 0 Å². The predicted molar refractivity (Wildman–Crippen MR) is 68.9 cm³/mol. The van der Waals surface area contributed by atoms with E-state index in [2.05, 4.69) is 28.4 Å². The maximum absolute atomic E-state index is 9.60. The van der Waals surface area contributed by atoms with Gasteiger partial charge in [0.05, 0.1) is 12.6 Å². The van der Waals surface area contributed by atoms with E-state index in [0.717, 1.165) is 37.5 Å². The fourth-order valence-electron chi connectivity index (χ4n) is 2.37. The van der Waals surface area contributed by atoms with Crippen molar-refractivity contribution in [2.24, 2.45) is 5.92 Å². The summed E-state index contributed by atoms with van der Waals surface area (Å²) >= 11 is 0. The first-order valence-electron chi connectivity index (χ1n) is 6.65. The Morgan fingerprint density at radius 2 is 2.22 bits per heavy atom. The molecule has 5 heteroatoms. The summed E-state index contributed by atoms with van der Waals surface area (Å²) < 4.78 is 1.86. The minimum Gasteiger partial charge on any atom is -0.298 e. The minimum atomic E-state index is -0.471. The largest absolute Gasteiger partial charge is 0.298 e. The van der Waals surface area contributed by atoms with Gasteiger partial charge < -0.3 is 0 Å². The van der Waals surface area contributed by atoms with Crippen LogP contribution in [0.25, 0.3) is 0 Å². The monoisotopic (exact) mass is 247 g/mol. The molecule has 18 heavy (non-hydrogen) atoms. The average molecular weight is 247 g/mol. The van der Waals surface area contributed by atoms with Crippen molar-refractivity contribution in [3.05, 3.63) is 11.6 Å². The quantitative estimate of drug-likeness (QED) is 0.828. The van der Waals surface area contributed by atoms with Crippen molar-refractivity contribution in [2.75, 3.05) is 6.54 Å². The van der Waals surface area contributed by atoms with Crippen molar-refractivity contribution in [3.63, 3.8) is 0 Å². The average Bonchev–Trinajstić information content (AvgIpc) is 3.13. The van der Waals surface area contributed by atoms with Gasteiger partial charge in [-0.2, -0.15) is 10.4 Å². The molecule has 1 unspecified atom stereocenters. The van der Waals surface area contributed by atoms with Crippen LogP contribution in [0.15, 0.2) is 0 Å². The van der Waals surface area contributed by atoms with Gasteiger partial charge >= 0.3 is 0 Å². The lowest BCUT2D eigenvalue weighted by Crippen LogP contribution is -2.50. The molecule has 2 rings (SSSR count). The summed E-state index contributed by atoms with van der Waals surface area (Å²) in [6.45, 7) is 7.41. The van der Waals surface area contributed by atoms with Crippen molar-refractivity contribution >= 4 is 0 Å². The number of nitrogens with zero attached hydrogens (tertiary/aromatic N) is 4. The number of hydrogen-bond donors (Lipinski definition) is 1. The molecule has 0 radical (unpaired) electrons. The van der Waals surface area contributed by atoms with Crippen molar-refractivity contribution in [3.8, 4) is 6.07 Å². The summed E-state index contributed by atoms with van der Waals surface area (Å²) in [6, 6.07) is 2.50. The first-order valence-corrected chi connectivity index (χ1v) is 6.65. The zero-order chi connectivity index (χ0) is 13.2. The van der Waals surface area contributed by atoms with Gasteiger partial charge in [-0.25, -0.2) is 9.67 Å². The Hall–Kier alpha value is -1.41. The molecule has 1 fully saturated rings. The van der Waals surface area contributed by atoms with Crippen LogP contribution in [0.5, 0.6) is 0 Å². The summed E-state index contributed by atoms with van der Waals surface area (Å²) in [5.41, 5.74) is -0.471. The molecule has 0 aromatic carbocycles. The number of hydrogen-bond acceptors (Lipinski definition) is 4. The Labute approximate surface area is 108 Å². The summed E-state index contributed by atoms with van der Waals surface area (Å²) in [5, 5.41) is 17.4. The van der Waals surface area contributed by atoms with E-state index in [4.69, 9.17) is 0 Å². The number of aromatic nitrogens is 3. The number of nitrogens with one attached hydrogen (secondary N) is 1. The molecule has 0 bridgehead atoms. The minimum absolute atomic E-state index is 0.456. The zero-order valence-electron chi connectivity index (χ0n) is 11.4. The Balaban J connectivity index is 2.19. The van der Waals surface area contributed by atoms with Crippen LogP contribution in [-0.2, 0) is 6.54 Å². The fourth-order valence-corrected chi connectivity index (χ4v) is 2.37. The molecule has 1 N–H and O–H groups in total. The van der Waals surface area contributed by atoms with Gasteiger partial charge in [0.2, 0.25) is 0 Å². The second kappa shape index (κ2) is 5.07. The lowest BCUT2D eigenvalue weighted by molar-refractivity contribution is 0.302. The van der Waals surface area contributed by atoms with Crippen LogP contribution in [0, 0.1) is 31.1 Å². The molecule has 1 heterocycles. The van der Waals surface area contributed by atoms with Crippen molar-refractivity contribution in [1.29, 1.82) is 5.26 Å². The summed E-state index contributed by atoms with van der Waals surface area (Å²) in [5.74, 6) is 2.11. The molecular weight excluding hydrogens is 226 g/mol. The van der Waals surface area contributed by atoms with Crippen LogP contribution in [0.3, 0.4) is 0 Å². The second-order valence-corrected chi connectivity index (χ2v) is 5.15. The molecule has 0 saturated heterocycles. The SMILES string of the molecule is CCCNC(C#N)(Cn1nc(C)nc1C)C1CC1. The molecule has 0 spiro atoms. The normalized spacial score (nSPS) is 18.3. The lowest BCUT2D eigenvalue weighted by Gasteiger charge is -2.28.